The molecule has 0 aliphatic carbocycles. The van der Waals surface area contributed by atoms with E-state index < -0.39 is 0 Å². The normalized spacial score (nSPS) is 17.9. The fraction of sp³-hybridized carbons (Fsp3) is 0.333. The summed E-state index contributed by atoms with van der Waals surface area (Å²) in [5.74, 6) is 2.30. The lowest BCUT2D eigenvalue weighted by atomic mass is 10.2. The van der Waals surface area contributed by atoms with E-state index in [1.165, 1.54) is 0 Å². The molecule has 18 heavy (non-hydrogen) atoms. The molecule has 0 bridgehead atoms. The summed E-state index contributed by atoms with van der Waals surface area (Å²) in [5, 5.41) is 0.767. The van der Waals surface area contributed by atoms with Gasteiger partial charge in [-0.2, -0.15) is 0 Å². The fourth-order valence-corrected chi connectivity index (χ4v) is 3.22. The van der Waals surface area contributed by atoms with Crippen molar-refractivity contribution in [3.8, 4) is 11.5 Å². The third kappa shape index (κ3) is 1.35. The van der Waals surface area contributed by atoms with Gasteiger partial charge in [-0.25, -0.2) is 4.98 Å². The molecule has 0 fully saturated rings. The molecule has 0 amide bonds. The largest absolute Gasteiger partial charge is 0.486 e. The topological polar surface area (TPSA) is 53.4 Å². The predicted octanol–water partition coefficient (Wildman–Crippen LogP) is 1.94. The Hall–Kier alpha value is -1.69. The van der Waals surface area contributed by atoms with Crippen LogP contribution in [0.1, 0.15) is 11.2 Å². The summed E-state index contributed by atoms with van der Waals surface area (Å²) in [4.78, 5) is 16.4. The molecule has 0 saturated heterocycles. The number of imidazole rings is 1. The summed E-state index contributed by atoms with van der Waals surface area (Å²) < 4.78 is 12.7. The minimum absolute atomic E-state index is 0.0999. The molecule has 1 aromatic carbocycles. The average Bonchev–Trinajstić information content (AvgIpc) is 2.74. The molecular weight excluding hydrogens is 252 g/mol. The molecule has 1 aromatic heterocycles. The van der Waals surface area contributed by atoms with E-state index in [-0.39, 0.29) is 5.91 Å². The molecule has 5 nitrogen and oxygen atoms in total. The molecule has 2 aromatic rings. The fourth-order valence-electron chi connectivity index (χ4n) is 2.27. The van der Waals surface area contributed by atoms with Crippen LogP contribution in [0, 0.1) is 0 Å². The van der Waals surface area contributed by atoms with Crippen molar-refractivity contribution >= 4 is 28.7 Å². The van der Waals surface area contributed by atoms with Crippen LogP contribution in [0.5, 0.6) is 11.5 Å². The second-order valence-electron chi connectivity index (χ2n) is 4.21. The van der Waals surface area contributed by atoms with E-state index >= 15 is 0 Å². The van der Waals surface area contributed by atoms with Crippen LogP contribution >= 0.6 is 11.8 Å². The molecule has 2 aliphatic heterocycles. The van der Waals surface area contributed by atoms with E-state index in [0.29, 0.717) is 31.1 Å². The Labute approximate surface area is 107 Å². The molecule has 0 spiro atoms. The lowest BCUT2D eigenvalue weighted by Crippen LogP contribution is -2.17. The van der Waals surface area contributed by atoms with Crippen molar-refractivity contribution in [1.29, 1.82) is 0 Å². The Bertz CT molecular complexity index is 665. The van der Waals surface area contributed by atoms with Gasteiger partial charge in [0.1, 0.15) is 13.2 Å². The van der Waals surface area contributed by atoms with Gasteiger partial charge in [0.2, 0.25) is 5.91 Å². The van der Waals surface area contributed by atoms with Crippen molar-refractivity contribution in [3.63, 3.8) is 0 Å². The van der Waals surface area contributed by atoms with Crippen LogP contribution in [-0.4, -0.2) is 34.4 Å². The summed E-state index contributed by atoms with van der Waals surface area (Å²) >= 11 is 1.61. The first-order chi connectivity index (χ1) is 8.83. The van der Waals surface area contributed by atoms with E-state index in [9.17, 15) is 4.79 Å². The Morgan fingerprint density at radius 1 is 1.22 bits per heavy atom. The monoisotopic (exact) mass is 262 g/mol. The summed E-state index contributed by atoms with van der Waals surface area (Å²) in [6.45, 7) is 1.10. The maximum Gasteiger partial charge on any atom is 0.234 e. The number of ether oxygens (including phenoxy) is 2. The van der Waals surface area contributed by atoms with Gasteiger partial charge in [-0.3, -0.25) is 9.36 Å². The zero-order chi connectivity index (χ0) is 12.1. The van der Waals surface area contributed by atoms with E-state index in [1.807, 2.05) is 12.1 Å². The molecule has 0 unspecified atom stereocenters. The van der Waals surface area contributed by atoms with Gasteiger partial charge in [-0.15, -0.1) is 0 Å². The number of carbonyl (C=O) groups is 1. The summed E-state index contributed by atoms with van der Waals surface area (Å²) in [5.41, 5.74) is 1.60. The Morgan fingerprint density at radius 3 is 2.83 bits per heavy atom. The highest BCUT2D eigenvalue weighted by Crippen LogP contribution is 2.37. The number of hydrogen-bond acceptors (Lipinski definition) is 5. The number of rotatable bonds is 0. The maximum absolute atomic E-state index is 12.0. The Morgan fingerprint density at radius 2 is 2.00 bits per heavy atom. The number of carbonyl (C=O) groups excluding carboxylic acids is 1. The molecule has 4 rings (SSSR count). The van der Waals surface area contributed by atoms with Crippen LogP contribution < -0.4 is 9.47 Å². The van der Waals surface area contributed by atoms with E-state index in [1.54, 1.807) is 16.3 Å². The van der Waals surface area contributed by atoms with Gasteiger partial charge in [-0.1, -0.05) is 11.8 Å². The van der Waals surface area contributed by atoms with Crippen molar-refractivity contribution < 1.29 is 14.3 Å². The van der Waals surface area contributed by atoms with E-state index in [2.05, 4.69) is 4.98 Å². The van der Waals surface area contributed by atoms with Gasteiger partial charge in [0, 0.05) is 24.3 Å². The lowest BCUT2D eigenvalue weighted by molar-refractivity contribution is 0.0901. The minimum atomic E-state index is 0.0999. The number of benzene rings is 1. The molecular formula is C12H10N2O3S. The van der Waals surface area contributed by atoms with Crippen LogP contribution in [0.2, 0.25) is 0 Å². The second kappa shape index (κ2) is 3.65. The quantitative estimate of drug-likeness (QED) is 0.726. The van der Waals surface area contributed by atoms with Crippen molar-refractivity contribution in [2.24, 2.45) is 0 Å². The standard InChI is InChI=1S/C12H10N2O3S/c15-11-1-4-18-12-13-7-5-9-10(17-3-2-16-9)6-8(7)14(11)12/h5-6H,1-4H2. The van der Waals surface area contributed by atoms with Crippen molar-refractivity contribution in [3.05, 3.63) is 12.1 Å². The van der Waals surface area contributed by atoms with Crippen LogP contribution in [0.25, 0.3) is 11.0 Å². The van der Waals surface area contributed by atoms with E-state index in [4.69, 9.17) is 9.47 Å². The Kier molecular flexibility index (Phi) is 2.08. The molecule has 92 valence electrons. The molecule has 0 radical (unpaired) electrons. The molecule has 0 N–H and O–H groups in total. The molecule has 0 atom stereocenters. The van der Waals surface area contributed by atoms with Crippen molar-refractivity contribution in [2.75, 3.05) is 19.0 Å². The van der Waals surface area contributed by atoms with Crippen molar-refractivity contribution in [1.82, 2.24) is 9.55 Å². The SMILES string of the molecule is O=C1CCSc2nc3cc4c(cc3n21)OCCO4. The highest BCUT2D eigenvalue weighted by molar-refractivity contribution is 7.99. The van der Waals surface area contributed by atoms with Gasteiger partial charge in [0.25, 0.3) is 0 Å². The zero-order valence-corrected chi connectivity index (χ0v) is 10.3. The Balaban J connectivity index is 2.01. The summed E-state index contributed by atoms with van der Waals surface area (Å²) in [6.07, 6.45) is 0.553. The molecule has 3 heterocycles. The molecule has 0 saturated carbocycles. The van der Waals surface area contributed by atoms with Gasteiger partial charge < -0.3 is 9.47 Å². The van der Waals surface area contributed by atoms with E-state index in [0.717, 1.165) is 21.9 Å². The lowest BCUT2D eigenvalue weighted by Gasteiger charge is -2.18. The van der Waals surface area contributed by atoms with Gasteiger partial charge in [0.05, 0.1) is 11.0 Å². The average molecular weight is 262 g/mol. The summed E-state index contributed by atoms with van der Waals surface area (Å²) in [7, 11) is 0. The van der Waals surface area contributed by atoms with Gasteiger partial charge >= 0.3 is 0 Å². The molecule has 6 heteroatoms. The van der Waals surface area contributed by atoms with Crippen molar-refractivity contribution in [2.45, 2.75) is 11.6 Å². The minimum Gasteiger partial charge on any atom is -0.486 e. The predicted molar refractivity (Wildman–Crippen MR) is 66.7 cm³/mol. The third-order valence-electron chi connectivity index (χ3n) is 3.08. The number of fused-ring (bicyclic) bond motifs is 4. The molecule has 2 aliphatic rings. The van der Waals surface area contributed by atoms with Crippen LogP contribution in [0.4, 0.5) is 0 Å². The van der Waals surface area contributed by atoms with Crippen LogP contribution in [0.15, 0.2) is 17.3 Å². The van der Waals surface area contributed by atoms with Gasteiger partial charge in [0.15, 0.2) is 16.7 Å². The zero-order valence-electron chi connectivity index (χ0n) is 9.51. The third-order valence-corrected chi connectivity index (χ3v) is 4.02. The number of hydrogen-bond donors (Lipinski definition) is 0. The van der Waals surface area contributed by atoms with Gasteiger partial charge in [-0.05, 0) is 0 Å². The highest BCUT2D eigenvalue weighted by atomic mass is 32.2. The smallest absolute Gasteiger partial charge is 0.234 e. The first-order valence-electron chi connectivity index (χ1n) is 5.81. The number of nitrogens with zero attached hydrogens (tertiary/aromatic N) is 2. The van der Waals surface area contributed by atoms with Crippen LogP contribution in [-0.2, 0) is 0 Å². The highest BCUT2D eigenvalue weighted by Gasteiger charge is 2.24. The second-order valence-corrected chi connectivity index (χ2v) is 5.27. The number of thioether (sulfide) groups is 1. The maximum atomic E-state index is 12.0. The first-order valence-corrected chi connectivity index (χ1v) is 6.79. The first kappa shape index (κ1) is 10.3. The number of aromatic nitrogens is 2. The summed E-state index contributed by atoms with van der Waals surface area (Å²) in [6, 6.07) is 3.70. The van der Waals surface area contributed by atoms with Crippen LogP contribution in [0.3, 0.4) is 0 Å².